The van der Waals surface area contributed by atoms with E-state index in [1.54, 1.807) is 0 Å². The molecule has 0 saturated carbocycles. The third kappa shape index (κ3) is 3.61. The van der Waals surface area contributed by atoms with Crippen LogP contribution in [0.1, 0.15) is 50.7 Å². The van der Waals surface area contributed by atoms with Gasteiger partial charge in [0.05, 0.1) is 11.0 Å². The van der Waals surface area contributed by atoms with E-state index in [9.17, 15) is 0 Å². The lowest BCUT2D eigenvalue weighted by atomic mass is 9.94. The molecule has 0 spiro atoms. The Labute approximate surface area is 169 Å². The van der Waals surface area contributed by atoms with E-state index in [4.69, 9.17) is 7.85 Å². The number of fused-ring (bicyclic) bond motifs is 3. The number of nitrogens with zero attached hydrogens (tertiary/aromatic N) is 1. The Kier molecular flexibility index (Phi) is 5.57. The highest BCUT2D eigenvalue weighted by atomic mass is 15.0. The number of unbranched alkanes of at least 4 members (excludes halogenated alkanes) is 3. The first kappa shape index (κ1) is 18.9. The minimum Gasteiger partial charge on any atom is -0.309 e. The quantitative estimate of drug-likeness (QED) is 0.269. The molecule has 28 heavy (non-hydrogen) atoms. The summed E-state index contributed by atoms with van der Waals surface area (Å²) < 4.78 is 2.37. The molecule has 1 nitrogen and oxygen atoms in total. The SMILES string of the molecule is [B]c1ccc2c(c1)c1cc(CC)ccc1n2-c1ccc(CCCCCC)cc1. The second kappa shape index (κ2) is 8.26. The molecule has 0 aliphatic rings. The first-order chi connectivity index (χ1) is 13.7. The highest BCUT2D eigenvalue weighted by molar-refractivity contribution is 6.33. The zero-order valence-electron chi connectivity index (χ0n) is 17.0. The van der Waals surface area contributed by atoms with E-state index in [-0.39, 0.29) is 0 Å². The van der Waals surface area contributed by atoms with E-state index < -0.39 is 0 Å². The number of hydrogen-bond acceptors (Lipinski definition) is 0. The fourth-order valence-electron chi connectivity index (χ4n) is 4.15. The van der Waals surface area contributed by atoms with E-state index in [2.05, 4.69) is 73.0 Å². The van der Waals surface area contributed by atoms with Gasteiger partial charge >= 0.3 is 0 Å². The third-order valence-electron chi connectivity index (χ3n) is 5.78. The van der Waals surface area contributed by atoms with Gasteiger partial charge < -0.3 is 4.57 Å². The van der Waals surface area contributed by atoms with Gasteiger partial charge in [-0.2, -0.15) is 0 Å². The van der Waals surface area contributed by atoms with Crippen molar-refractivity contribution < 1.29 is 0 Å². The molecular formula is C26H28BN. The van der Waals surface area contributed by atoms with Gasteiger partial charge in [-0.25, -0.2) is 0 Å². The van der Waals surface area contributed by atoms with E-state index >= 15 is 0 Å². The number of hydrogen-bond donors (Lipinski definition) is 0. The molecule has 0 aliphatic heterocycles. The van der Waals surface area contributed by atoms with Gasteiger partial charge in [0.25, 0.3) is 0 Å². The molecule has 3 aromatic carbocycles. The molecule has 0 atom stereocenters. The van der Waals surface area contributed by atoms with Gasteiger partial charge in [0.1, 0.15) is 7.85 Å². The third-order valence-corrected chi connectivity index (χ3v) is 5.78. The lowest BCUT2D eigenvalue weighted by molar-refractivity contribution is 0.667. The largest absolute Gasteiger partial charge is 0.309 e. The molecule has 2 radical (unpaired) electrons. The highest BCUT2D eigenvalue weighted by Gasteiger charge is 2.12. The topological polar surface area (TPSA) is 4.93 Å². The van der Waals surface area contributed by atoms with Crippen molar-refractivity contribution >= 4 is 35.1 Å². The predicted octanol–water partition coefficient (Wildman–Crippen LogP) is 6.26. The molecule has 0 fully saturated rings. The van der Waals surface area contributed by atoms with Crippen LogP contribution in [0.5, 0.6) is 0 Å². The van der Waals surface area contributed by atoms with Gasteiger partial charge in [0.15, 0.2) is 0 Å². The van der Waals surface area contributed by atoms with Crippen LogP contribution in [-0.4, -0.2) is 12.4 Å². The summed E-state index contributed by atoms with van der Waals surface area (Å²) in [5.41, 5.74) is 7.28. The minimum atomic E-state index is 0.816. The summed E-state index contributed by atoms with van der Waals surface area (Å²) >= 11 is 0. The summed E-state index contributed by atoms with van der Waals surface area (Å²) in [6, 6.07) is 22.2. The summed E-state index contributed by atoms with van der Waals surface area (Å²) in [7, 11) is 6.11. The monoisotopic (exact) mass is 365 g/mol. The normalized spacial score (nSPS) is 11.5. The van der Waals surface area contributed by atoms with E-state index in [1.807, 2.05) is 6.07 Å². The minimum absolute atomic E-state index is 0.816. The fraction of sp³-hybridized carbons (Fsp3) is 0.308. The molecule has 0 N–H and O–H groups in total. The molecule has 0 bridgehead atoms. The number of rotatable bonds is 7. The Morgan fingerprint density at radius 1 is 0.714 bits per heavy atom. The molecule has 1 aromatic heterocycles. The Morgan fingerprint density at radius 3 is 2.11 bits per heavy atom. The lowest BCUT2D eigenvalue weighted by Gasteiger charge is -2.10. The molecule has 0 unspecified atom stereocenters. The molecular weight excluding hydrogens is 337 g/mol. The van der Waals surface area contributed by atoms with E-state index in [0.29, 0.717) is 0 Å². The Hall–Kier alpha value is -2.48. The Balaban J connectivity index is 1.77. The van der Waals surface area contributed by atoms with Crippen molar-refractivity contribution in [3.05, 3.63) is 71.8 Å². The first-order valence-electron chi connectivity index (χ1n) is 10.6. The van der Waals surface area contributed by atoms with Crippen molar-refractivity contribution in [2.75, 3.05) is 0 Å². The van der Waals surface area contributed by atoms with Crippen LogP contribution in [0.15, 0.2) is 60.7 Å². The van der Waals surface area contributed by atoms with Crippen LogP contribution in [-0.2, 0) is 12.8 Å². The van der Waals surface area contributed by atoms with E-state index in [1.165, 1.54) is 70.7 Å². The van der Waals surface area contributed by atoms with Crippen molar-refractivity contribution in [3.8, 4) is 5.69 Å². The Morgan fingerprint density at radius 2 is 1.39 bits per heavy atom. The fourth-order valence-corrected chi connectivity index (χ4v) is 4.15. The summed E-state index contributed by atoms with van der Waals surface area (Å²) in [6.07, 6.45) is 7.44. The predicted molar refractivity (Wildman–Crippen MR) is 123 cm³/mol. The number of benzene rings is 3. The van der Waals surface area contributed by atoms with Gasteiger partial charge in [-0.05, 0) is 60.7 Å². The zero-order chi connectivity index (χ0) is 19.5. The molecule has 2 heteroatoms. The second-order valence-electron chi connectivity index (χ2n) is 7.79. The maximum absolute atomic E-state index is 6.11. The van der Waals surface area contributed by atoms with Gasteiger partial charge in [0.2, 0.25) is 0 Å². The van der Waals surface area contributed by atoms with Crippen LogP contribution >= 0.6 is 0 Å². The molecule has 140 valence electrons. The standard InChI is InChI=1S/C26H28BN/c1-3-5-6-7-8-20-9-13-22(14-10-20)28-25-15-11-19(4-2)17-23(25)24-18-21(27)12-16-26(24)28/h9-18H,3-8H2,1-2H3. The van der Waals surface area contributed by atoms with Crippen LogP contribution in [0.25, 0.3) is 27.5 Å². The Bertz CT molecular complexity index is 1090. The van der Waals surface area contributed by atoms with Crippen molar-refractivity contribution in [2.24, 2.45) is 0 Å². The van der Waals surface area contributed by atoms with Crippen LogP contribution in [0.2, 0.25) is 0 Å². The van der Waals surface area contributed by atoms with Crippen molar-refractivity contribution in [2.45, 2.75) is 52.4 Å². The molecule has 0 saturated heterocycles. The van der Waals surface area contributed by atoms with Crippen LogP contribution < -0.4 is 5.46 Å². The average Bonchev–Trinajstić information content (AvgIpc) is 3.04. The maximum atomic E-state index is 6.11. The van der Waals surface area contributed by atoms with Gasteiger partial charge in [0, 0.05) is 16.5 Å². The van der Waals surface area contributed by atoms with Gasteiger partial charge in [-0.1, -0.05) is 68.9 Å². The first-order valence-corrected chi connectivity index (χ1v) is 10.6. The maximum Gasteiger partial charge on any atom is 0.113 e. The smallest absolute Gasteiger partial charge is 0.113 e. The van der Waals surface area contributed by atoms with Crippen LogP contribution in [0.3, 0.4) is 0 Å². The summed E-state index contributed by atoms with van der Waals surface area (Å²) in [6.45, 7) is 4.46. The van der Waals surface area contributed by atoms with Crippen molar-refractivity contribution in [1.29, 1.82) is 0 Å². The van der Waals surface area contributed by atoms with Crippen molar-refractivity contribution in [1.82, 2.24) is 4.57 Å². The molecule has 0 amide bonds. The summed E-state index contributed by atoms with van der Waals surface area (Å²) in [5, 5.41) is 2.51. The van der Waals surface area contributed by atoms with Crippen LogP contribution in [0, 0.1) is 0 Å². The molecule has 0 aliphatic carbocycles. The molecule has 4 aromatic rings. The molecule has 1 heterocycles. The zero-order valence-corrected chi connectivity index (χ0v) is 17.0. The van der Waals surface area contributed by atoms with Crippen molar-refractivity contribution in [3.63, 3.8) is 0 Å². The summed E-state index contributed by atoms with van der Waals surface area (Å²) in [4.78, 5) is 0. The van der Waals surface area contributed by atoms with Gasteiger partial charge in [-0.15, -0.1) is 0 Å². The highest BCUT2D eigenvalue weighted by Crippen LogP contribution is 2.32. The number of aryl methyl sites for hydroxylation is 2. The molecule has 4 rings (SSSR count). The number of aromatic nitrogens is 1. The summed E-state index contributed by atoms with van der Waals surface area (Å²) in [5.74, 6) is 0. The van der Waals surface area contributed by atoms with Gasteiger partial charge in [-0.3, -0.25) is 0 Å². The van der Waals surface area contributed by atoms with Crippen LogP contribution in [0.4, 0.5) is 0 Å². The second-order valence-corrected chi connectivity index (χ2v) is 7.79. The average molecular weight is 365 g/mol. The lowest BCUT2D eigenvalue weighted by Crippen LogP contribution is -2.00. The van der Waals surface area contributed by atoms with E-state index in [0.717, 1.165) is 11.9 Å².